The van der Waals surface area contributed by atoms with Gasteiger partial charge in [-0.05, 0) is 43.4 Å². The SMILES string of the molecule is C[C@@H](N)[C@H]1CCCN(C(=O)Cc2ccc(OC(F)(F)F)cc2)C1. The fraction of sp³-hybridized carbons (Fsp3) is 0.562. The lowest BCUT2D eigenvalue weighted by molar-refractivity contribution is -0.274. The van der Waals surface area contributed by atoms with Gasteiger partial charge < -0.3 is 15.4 Å². The van der Waals surface area contributed by atoms with E-state index in [0.29, 0.717) is 24.6 Å². The second-order valence-corrected chi connectivity index (χ2v) is 5.97. The quantitative estimate of drug-likeness (QED) is 0.923. The normalized spacial score (nSPS) is 20.2. The Kier molecular flexibility index (Phi) is 5.51. The summed E-state index contributed by atoms with van der Waals surface area (Å²) in [6, 6.07) is 5.44. The summed E-state index contributed by atoms with van der Waals surface area (Å²) in [5.74, 6) is -0.0150. The molecule has 23 heavy (non-hydrogen) atoms. The Morgan fingerprint density at radius 3 is 2.61 bits per heavy atom. The lowest BCUT2D eigenvalue weighted by atomic mass is 9.92. The van der Waals surface area contributed by atoms with Gasteiger partial charge in [-0.15, -0.1) is 13.2 Å². The number of nitrogens with two attached hydrogens (primary N) is 1. The summed E-state index contributed by atoms with van der Waals surface area (Å²) < 4.78 is 40.1. The molecule has 1 aliphatic rings. The molecule has 128 valence electrons. The zero-order chi connectivity index (χ0) is 17.0. The van der Waals surface area contributed by atoms with Crippen LogP contribution < -0.4 is 10.5 Å². The topological polar surface area (TPSA) is 55.6 Å². The van der Waals surface area contributed by atoms with E-state index in [2.05, 4.69) is 4.74 Å². The van der Waals surface area contributed by atoms with Crippen LogP contribution in [0.3, 0.4) is 0 Å². The number of amides is 1. The van der Waals surface area contributed by atoms with Crippen molar-refractivity contribution in [2.75, 3.05) is 13.1 Å². The van der Waals surface area contributed by atoms with E-state index >= 15 is 0 Å². The molecule has 2 rings (SSSR count). The molecule has 4 nitrogen and oxygen atoms in total. The average Bonchev–Trinajstić information content (AvgIpc) is 2.48. The first-order chi connectivity index (χ1) is 10.7. The van der Waals surface area contributed by atoms with Crippen molar-refractivity contribution in [2.24, 2.45) is 11.7 Å². The Hall–Kier alpha value is -1.76. The van der Waals surface area contributed by atoms with Crippen LogP contribution in [0.5, 0.6) is 5.75 Å². The van der Waals surface area contributed by atoms with Crippen LogP contribution >= 0.6 is 0 Å². The van der Waals surface area contributed by atoms with Gasteiger partial charge in [0, 0.05) is 19.1 Å². The minimum atomic E-state index is -4.71. The molecule has 7 heteroatoms. The monoisotopic (exact) mass is 330 g/mol. The number of carbonyl (C=O) groups is 1. The summed E-state index contributed by atoms with van der Waals surface area (Å²) in [5, 5.41) is 0. The third-order valence-electron chi connectivity index (χ3n) is 4.07. The number of nitrogens with zero attached hydrogens (tertiary/aromatic N) is 1. The van der Waals surface area contributed by atoms with Crippen LogP contribution in [0.4, 0.5) is 13.2 Å². The molecule has 1 aliphatic heterocycles. The van der Waals surface area contributed by atoms with Crippen LogP contribution in [0.1, 0.15) is 25.3 Å². The van der Waals surface area contributed by atoms with Gasteiger partial charge in [0.05, 0.1) is 6.42 Å². The smallest absolute Gasteiger partial charge is 0.406 e. The highest BCUT2D eigenvalue weighted by molar-refractivity contribution is 5.78. The van der Waals surface area contributed by atoms with E-state index in [-0.39, 0.29) is 24.1 Å². The number of hydrogen-bond donors (Lipinski definition) is 1. The zero-order valence-corrected chi connectivity index (χ0v) is 13.0. The summed E-state index contributed by atoms with van der Waals surface area (Å²) in [4.78, 5) is 14.1. The molecular formula is C16H21F3N2O2. The van der Waals surface area contributed by atoms with Gasteiger partial charge in [0.2, 0.25) is 5.91 Å². The van der Waals surface area contributed by atoms with Crippen LogP contribution in [0.2, 0.25) is 0 Å². The first-order valence-electron chi connectivity index (χ1n) is 7.62. The van der Waals surface area contributed by atoms with E-state index in [1.54, 1.807) is 4.90 Å². The second-order valence-electron chi connectivity index (χ2n) is 5.97. The number of carbonyl (C=O) groups excluding carboxylic acids is 1. The van der Waals surface area contributed by atoms with Crippen LogP contribution in [0, 0.1) is 5.92 Å². The fourth-order valence-corrected chi connectivity index (χ4v) is 2.76. The number of hydrogen-bond acceptors (Lipinski definition) is 3. The molecule has 1 amide bonds. The van der Waals surface area contributed by atoms with Crippen molar-refractivity contribution in [3.05, 3.63) is 29.8 Å². The van der Waals surface area contributed by atoms with E-state index in [4.69, 9.17) is 5.73 Å². The van der Waals surface area contributed by atoms with E-state index in [9.17, 15) is 18.0 Å². The number of piperidine rings is 1. The van der Waals surface area contributed by atoms with Crippen molar-refractivity contribution in [1.29, 1.82) is 0 Å². The molecule has 0 bridgehead atoms. The van der Waals surface area contributed by atoms with Gasteiger partial charge in [0.25, 0.3) is 0 Å². The van der Waals surface area contributed by atoms with Crippen LogP contribution in [-0.4, -0.2) is 36.3 Å². The second kappa shape index (κ2) is 7.21. The number of benzene rings is 1. The van der Waals surface area contributed by atoms with Crippen molar-refractivity contribution in [1.82, 2.24) is 4.90 Å². The lowest BCUT2D eigenvalue weighted by Gasteiger charge is -2.34. The average molecular weight is 330 g/mol. The Labute approximate surface area is 133 Å². The molecule has 0 unspecified atom stereocenters. The van der Waals surface area contributed by atoms with Gasteiger partial charge in [-0.2, -0.15) is 0 Å². The highest BCUT2D eigenvalue weighted by Gasteiger charge is 2.31. The van der Waals surface area contributed by atoms with Crippen molar-refractivity contribution in [3.8, 4) is 5.75 Å². The summed E-state index contributed by atoms with van der Waals surface area (Å²) >= 11 is 0. The number of ether oxygens (including phenoxy) is 1. The number of likely N-dealkylation sites (tertiary alicyclic amines) is 1. The van der Waals surface area contributed by atoms with Crippen molar-refractivity contribution in [3.63, 3.8) is 0 Å². The molecule has 0 radical (unpaired) electrons. The molecule has 0 aromatic heterocycles. The summed E-state index contributed by atoms with van der Waals surface area (Å²) in [6.45, 7) is 3.29. The summed E-state index contributed by atoms with van der Waals surface area (Å²) in [5.41, 5.74) is 6.57. The van der Waals surface area contributed by atoms with Gasteiger partial charge >= 0.3 is 6.36 Å². The van der Waals surface area contributed by atoms with Crippen molar-refractivity contribution < 1.29 is 22.7 Å². The Balaban J connectivity index is 1.92. The molecule has 2 N–H and O–H groups in total. The lowest BCUT2D eigenvalue weighted by Crippen LogP contribution is -2.45. The molecule has 1 heterocycles. The first-order valence-corrected chi connectivity index (χ1v) is 7.62. The molecule has 1 saturated heterocycles. The summed E-state index contributed by atoms with van der Waals surface area (Å²) in [6.07, 6.45) is -2.60. The molecule has 1 aromatic rings. The van der Waals surface area contributed by atoms with Gasteiger partial charge in [0.15, 0.2) is 0 Å². The Bertz CT molecular complexity index is 529. The van der Waals surface area contributed by atoms with Crippen molar-refractivity contribution in [2.45, 2.75) is 38.6 Å². The molecule has 1 aromatic carbocycles. The van der Waals surface area contributed by atoms with E-state index < -0.39 is 6.36 Å². The number of halogens is 3. The Morgan fingerprint density at radius 2 is 2.04 bits per heavy atom. The standard InChI is InChI=1S/C16H21F3N2O2/c1-11(20)13-3-2-8-21(10-13)15(22)9-12-4-6-14(7-5-12)23-16(17,18)19/h4-7,11,13H,2-3,8-10,20H2,1H3/t11-,13+/m1/s1. The maximum Gasteiger partial charge on any atom is 0.573 e. The van der Waals surface area contributed by atoms with E-state index in [0.717, 1.165) is 12.8 Å². The maximum absolute atomic E-state index is 12.3. The molecule has 0 saturated carbocycles. The number of alkyl halides is 3. The van der Waals surface area contributed by atoms with Crippen LogP contribution in [0.15, 0.2) is 24.3 Å². The molecule has 2 atom stereocenters. The minimum absolute atomic E-state index is 0.0279. The highest BCUT2D eigenvalue weighted by atomic mass is 19.4. The molecule has 0 aliphatic carbocycles. The molecular weight excluding hydrogens is 309 g/mol. The third-order valence-corrected chi connectivity index (χ3v) is 4.07. The first kappa shape index (κ1) is 17.6. The van der Waals surface area contributed by atoms with Gasteiger partial charge in [-0.25, -0.2) is 0 Å². The predicted octanol–water partition coefficient (Wildman–Crippen LogP) is 2.71. The van der Waals surface area contributed by atoms with Gasteiger partial charge in [-0.1, -0.05) is 12.1 Å². The van der Waals surface area contributed by atoms with Gasteiger partial charge in [0.1, 0.15) is 5.75 Å². The van der Waals surface area contributed by atoms with Crippen LogP contribution in [-0.2, 0) is 11.2 Å². The third kappa shape index (κ3) is 5.42. The van der Waals surface area contributed by atoms with E-state index in [1.165, 1.54) is 24.3 Å². The van der Waals surface area contributed by atoms with Crippen LogP contribution in [0.25, 0.3) is 0 Å². The Morgan fingerprint density at radius 1 is 1.39 bits per heavy atom. The largest absolute Gasteiger partial charge is 0.573 e. The van der Waals surface area contributed by atoms with Gasteiger partial charge in [-0.3, -0.25) is 4.79 Å². The maximum atomic E-state index is 12.3. The molecule has 0 spiro atoms. The zero-order valence-electron chi connectivity index (χ0n) is 13.0. The molecule has 1 fully saturated rings. The predicted molar refractivity (Wildman–Crippen MR) is 79.8 cm³/mol. The number of rotatable bonds is 4. The fourth-order valence-electron chi connectivity index (χ4n) is 2.76. The highest BCUT2D eigenvalue weighted by Crippen LogP contribution is 2.23. The summed E-state index contributed by atoms with van der Waals surface area (Å²) in [7, 11) is 0. The minimum Gasteiger partial charge on any atom is -0.406 e. The van der Waals surface area contributed by atoms with E-state index in [1.807, 2.05) is 6.92 Å². The van der Waals surface area contributed by atoms with Crippen molar-refractivity contribution >= 4 is 5.91 Å².